The first-order valence-electron chi connectivity index (χ1n) is 8.58. The maximum absolute atomic E-state index is 12.5. The number of benzene rings is 2. The highest BCUT2D eigenvalue weighted by molar-refractivity contribution is 5.83. The van der Waals surface area contributed by atoms with Crippen molar-refractivity contribution in [3.8, 4) is 11.5 Å². The Morgan fingerprint density at radius 2 is 1.78 bits per heavy atom. The second kappa shape index (κ2) is 6.72. The van der Waals surface area contributed by atoms with Gasteiger partial charge in [-0.3, -0.25) is 9.78 Å². The summed E-state index contributed by atoms with van der Waals surface area (Å²) < 4.78 is 10.6. The van der Waals surface area contributed by atoms with Crippen LogP contribution in [-0.4, -0.2) is 29.2 Å². The summed E-state index contributed by atoms with van der Waals surface area (Å²) in [6, 6.07) is 11.5. The molecule has 0 fully saturated rings. The fraction of sp³-hybridized carbons (Fsp3) is 0.190. The van der Waals surface area contributed by atoms with Gasteiger partial charge in [0, 0.05) is 24.1 Å². The third-order valence-corrected chi connectivity index (χ3v) is 4.63. The summed E-state index contributed by atoms with van der Waals surface area (Å²) in [5, 5.41) is 1.56. The van der Waals surface area contributed by atoms with Gasteiger partial charge >= 0.3 is 0 Å². The van der Waals surface area contributed by atoms with Crippen LogP contribution in [0.2, 0.25) is 0 Å². The number of methoxy groups -OCH3 is 2. The third-order valence-electron chi connectivity index (χ3n) is 4.63. The van der Waals surface area contributed by atoms with Crippen molar-refractivity contribution in [2.24, 2.45) is 0 Å². The Morgan fingerprint density at radius 1 is 1.00 bits per heavy atom. The Hall–Kier alpha value is -3.41. The molecular formula is C21H19N3O3. The number of pyridine rings is 1. The SMILES string of the molecule is COc1cc2nc(Cc3cnc4cccc(C)c4c3)[nH]c(=O)c2cc1OC. The zero-order valence-electron chi connectivity index (χ0n) is 15.4. The Morgan fingerprint density at radius 3 is 2.56 bits per heavy atom. The summed E-state index contributed by atoms with van der Waals surface area (Å²) in [6.07, 6.45) is 2.30. The molecule has 0 spiro atoms. The Balaban J connectivity index is 1.78. The number of aromatic amines is 1. The smallest absolute Gasteiger partial charge is 0.258 e. The van der Waals surface area contributed by atoms with E-state index in [-0.39, 0.29) is 5.56 Å². The van der Waals surface area contributed by atoms with E-state index in [9.17, 15) is 4.79 Å². The molecule has 27 heavy (non-hydrogen) atoms. The van der Waals surface area contributed by atoms with Crippen LogP contribution < -0.4 is 15.0 Å². The quantitative estimate of drug-likeness (QED) is 0.603. The second-order valence-electron chi connectivity index (χ2n) is 6.40. The van der Waals surface area contributed by atoms with E-state index < -0.39 is 0 Å². The molecule has 6 heteroatoms. The Labute approximate surface area is 155 Å². The van der Waals surface area contributed by atoms with Crippen LogP contribution in [0, 0.1) is 6.92 Å². The van der Waals surface area contributed by atoms with Gasteiger partial charge in [-0.2, -0.15) is 0 Å². The number of fused-ring (bicyclic) bond motifs is 2. The molecule has 0 atom stereocenters. The lowest BCUT2D eigenvalue weighted by atomic mass is 10.1. The number of rotatable bonds is 4. The fourth-order valence-electron chi connectivity index (χ4n) is 3.23. The van der Waals surface area contributed by atoms with Crippen LogP contribution in [0.5, 0.6) is 11.5 Å². The molecule has 2 aromatic carbocycles. The molecule has 0 aliphatic carbocycles. The minimum atomic E-state index is -0.208. The van der Waals surface area contributed by atoms with Crippen LogP contribution in [0.4, 0.5) is 0 Å². The van der Waals surface area contributed by atoms with E-state index >= 15 is 0 Å². The van der Waals surface area contributed by atoms with Crippen molar-refractivity contribution < 1.29 is 9.47 Å². The molecule has 4 rings (SSSR count). The zero-order chi connectivity index (χ0) is 19.0. The van der Waals surface area contributed by atoms with E-state index in [1.54, 1.807) is 19.2 Å². The minimum absolute atomic E-state index is 0.208. The van der Waals surface area contributed by atoms with E-state index in [0.29, 0.717) is 34.6 Å². The molecule has 0 amide bonds. The van der Waals surface area contributed by atoms with E-state index in [2.05, 4.69) is 34.0 Å². The predicted molar refractivity (Wildman–Crippen MR) is 105 cm³/mol. The molecule has 0 unspecified atom stereocenters. The first-order valence-corrected chi connectivity index (χ1v) is 8.58. The van der Waals surface area contributed by atoms with Crippen LogP contribution in [0.15, 0.2) is 47.4 Å². The van der Waals surface area contributed by atoms with Crippen molar-refractivity contribution in [2.75, 3.05) is 14.2 Å². The lowest BCUT2D eigenvalue weighted by Gasteiger charge is -2.10. The summed E-state index contributed by atoms with van der Waals surface area (Å²) >= 11 is 0. The zero-order valence-corrected chi connectivity index (χ0v) is 15.4. The third kappa shape index (κ3) is 3.10. The van der Waals surface area contributed by atoms with Crippen LogP contribution in [0.1, 0.15) is 17.0 Å². The fourth-order valence-corrected chi connectivity index (χ4v) is 3.23. The van der Waals surface area contributed by atoms with E-state index in [1.807, 2.05) is 18.3 Å². The molecule has 0 radical (unpaired) electrons. The van der Waals surface area contributed by atoms with Crippen LogP contribution in [-0.2, 0) is 6.42 Å². The molecule has 0 aliphatic rings. The maximum atomic E-state index is 12.5. The normalized spacial score (nSPS) is 11.1. The Bertz CT molecular complexity index is 1210. The molecule has 0 aliphatic heterocycles. The number of nitrogens with one attached hydrogen (secondary N) is 1. The minimum Gasteiger partial charge on any atom is -0.493 e. The summed E-state index contributed by atoms with van der Waals surface area (Å²) in [6.45, 7) is 2.06. The summed E-state index contributed by atoms with van der Waals surface area (Å²) in [5.74, 6) is 1.62. The van der Waals surface area contributed by atoms with Crippen molar-refractivity contribution in [3.05, 3.63) is 69.9 Å². The van der Waals surface area contributed by atoms with Crippen LogP contribution in [0.25, 0.3) is 21.8 Å². The number of aromatic nitrogens is 3. The van der Waals surface area contributed by atoms with Gasteiger partial charge in [-0.05, 0) is 36.2 Å². The highest BCUT2D eigenvalue weighted by Crippen LogP contribution is 2.30. The Kier molecular flexibility index (Phi) is 4.24. The molecule has 1 N–H and O–H groups in total. The molecule has 0 saturated heterocycles. The van der Waals surface area contributed by atoms with Gasteiger partial charge < -0.3 is 14.5 Å². The molecular weight excluding hydrogens is 342 g/mol. The van der Waals surface area contributed by atoms with Crippen molar-refractivity contribution in [1.82, 2.24) is 15.0 Å². The van der Waals surface area contributed by atoms with Gasteiger partial charge in [0.15, 0.2) is 11.5 Å². The average molecular weight is 361 g/mol. The van der Waals surface area contributed by atoms with Crippen molar-refractivity contribution in [3.63, 3.8) is 0 Å². The van der Waals surface area contributed by atoms with Gasteiger partial charge in [0.05, 0.1) is 30.6 Å². The summed E-state index contributed by atoms with van der Waals surface area (Å²) in [4.78, 5) is 24.5. The number of hydrogen-bond donors (Lipinski definition) is 1. The summed E-state index contributed by atoms with van der Waals surface area (Å²) in [7, 11) is 3.09. The monoisotopic (exact) mass is 361 g/mol. The van der Waals surface area contributed by atoms with Gasteiger partial charge in [0.25, 0.3) is 5.56 Å². The molecule has 2 aromatic heterocycles. The average Bonchev–Trinajstić information content (AvgIpc) is 2.67. The topological polar surface area (TPSA) is 77.1 Å². The number of ether oxygens (including phenoxy) is 2. The largest absolute Gasteiger partial charge is 0.493 e. The van der Waals surface area contributed by atoms with E-state index in [1.165, 1.54) is 12.7 Å². The molecule has 2 heterocycles. The highest BCUT2D eigenvalue weighted by atomic mass is 16.5. The van der Waals surface area contributed by atoms with Gasteiger partial charge in [0.2, 0.25) is 0 Å². The highest BCUT2D eigenvalue weighted by Gasteiger charge is 2.11. The number of H-pyrrole nitrogens is 1. The maximum Gasteiger partial charge on any atom is 0.258 e. The number of hydrogen-bond acceptors (Lipinski definition) is 5. The first kappa shape index (κ1) is 17.0. The van der Waals surface area contributed by atoms with Gasteiger partial charge in [0.1, 0.15) is 5.82 Å². The van der Waals surface area contributed by atoms with E-state index in [0.717, 1.165) is 16.5 Å². The number of nitrogens with zero attached hydrogens (tertiary/aromatic N) is 2. The van der Waals surface area contributed by atoms with Gasteiger partial charge in [-0.25, -0.2) is 4.98 Å². The van der Waals surface area contributed by atoms with E-state index in [4.69, 9.17) is 9.47 Å². The molecule has 0 bridgehead atoms. The molecule has 136 valence electrons. The molecule has 0 saturated carbocycles. The van der Waals surface area contributed by atoms with Gasteiger partial charge in [-0.15, -0.1) is 0 Å². The van der Waals surface area contributed by atoms with Crippen molar-refractivity contribution in [2.45, 2.75) is 13.3 Å². The molecule has 6 nitrogen and oxygen atoms in total. The second-order valence-corrected chi connectivity index (χ2v) is 6.40. The van der Waals surface area contributed by atoms with Crippen molar-refractivity contribution in [1.29, 1.82) is 0 Å². The van der Waals surface area contributed by atoms with Crippen LogP contribution >= 0.6 is 0 Å². The van der Waals surface area contributed by atoms with Crippen LogP contribution in [0.3, 0.4) is 0 Å². The van der Waals surface area contributed by atoms with Crippen molar-refractivity contribution >= 4 is 21.8 Å². The predicted octanol–water partition coefficient (Wildman–Crippen LogP) is 3.39. The summed E-state index contributed by atoms with van der Waals surface area (Å²) in [5.41, 5.74) is 3.46. The lowest BCUT2D eigenvalue weighted by Crippen LogP contribution is -2.12. The van der Waals surface area contributed by atoms with Gasteiger partial charge in [-0.1, -0.05) is 12.1 Å². The number of aryl methyl sites for hydroxylation is 1. The standard InChI is InChI=1S/C21H19N3O3/c1-12-5-4-6-16-14(12)7-13(11-22-16)8-20-23-17-10-19(27-3)18(26-2)9-15(17)21(25)24-20/h4-7,9-11H,8H2,1-3H3,(H,23,24,25). The first-order chi connectivity index (χ1) is 13.1. The molecule has 4 aromatic rings. The lowest BCUT2D eigenvalue weighted by molar-refractivity contribution is 0.355.